The number of nitrogens with zero attached hydrogens (tertiary/aromatic N) is 1. The maximum atomic E-state index is 12.3. The van der Waals surface area contributed by atoms with Gasteiger partial charge in [0.25, 0.3) is 0 Å². The molecule has 2 heterocycles. The number of carbonyl (C=O) groups is 1. The second-order valence-corrected chi connectivity index (χ2v) is 7.12. The predicted octanol–water partition coefficient (Wildman–Crippen LogP) is 4.26. The largest absolute Gasteiger partial charge is 0.492 e. The summed E-state index contributed by atoms with van der Waals surface area (Å²) in [6.45, 7) is 5.24. The molecule has 1 fully saturated rings. The smallest absolute Gasteiger partial charge is 0.343 e. The average molecular weight is 351 g/mol. The van der Waals surface area contributed by atoms with Gasteiger partial charge in [0.05, 0.1) is 11.6 Å². The van der Waals surface area contributed by atoms with Crippen molar-refractivity contribution in [3.8, 4) is 11.5 Å². The van der Waals surface area contributed by atoms with Crippen LogP contribution in [0.3, 0.4) is 0 Å². The van der Waals surface area contributed by atoms with E-state index in [-0.39, 0.29) is 5.97 Å². The molecule has 136 valence electrons. The first kappa shape index (κ1) is 17.1. The zero-order chi connectivity index (χ0) is 17.9. The molecule has 4 rings (SSSR count). The predicted molar refractivity (Wildman–Crippen MR) is 101 cm³/mol. The van der Waals surface area contributed by atoms with Crippen molar-refractivity contribution < 1.29 is 14.3 Å². The zero-order valence-electron chi connectivity index (χ0n) is 15.2. The Balaban J connectivity index is 1.56. The maximum Gasteiger partial charge on any atom is 0.343 e. The van der Waals surface area contributed by atoms with E-state index >= 15 is 0 Å². The summed E-state index contributed by atoms with van der Waals surface area (Å²) in [4.78, 5) is 14.9. The van der Waals surface area contributed by atoms with Crippen LogP contribution >= 0.6 is 0 Å². The molecular weight excluding hydrogens is 326 g/mol. The lowest BCUT2D eigenvalue weighted by atomic mass is 9.81. The normalized spacial score (nSPS) is 22.0. The monoisotopic (exact) mass is 351 g/mol. The number of piperidine rings is 1. The molecule has 1 saturated heterocycles. The molecular formula is C22H25NO3. The lowest BCUT2D eigenvalue weighted by Gasteiger charge is -2.44. The second-order valence-electron chi connectivity index (χ2n) is 7.12. The van der Waals surface area contributed by atoms with E-state index < -0.39 is 0 Å². The molecule has 0 unspecified atom stereocenters. The van der Waals surface area contributed by atoms with E-state index in [9.17, 15) is 4.79 Å². The fourth-order valence-electron chi connectivity index (χ4n) is 4.20. The third-order valence-electron chi connectivity index (χ3n) is 5.42. The van der Waals surface area contributed by atoms with Crippen molar-refractivity contribution in [2.45, 2.75) is 38.1 Å². The number of hydrogen-bond donors (Lipinski definition) is 0. The molecule has 4 nitrogen and oxygen atoms in total. The standard InChI is InChI=1S/C22H25NO3/c1-2-12-23-13-6-9-18-19-14-17(10-11-21(19)25-15-20(18)23)26-22(24)16-7-4-3-5-8-16/h3-5,7-8,10-11,14,18,20H,2,6,9,12-13,15H2,1H3/t18-,20-/m0/s1. The first-order valence-electron chi connectivity index (χ1n) is 9.54. The average Bonchev–Trinajstić information content (AvgIpc) is 2.69. The molecule has 2 atom stereocenters. The zero-order valence-corrected chi connectivity index (χ0v) is 15.2. The molecule has 26 heavy (non-hydrogen) atoms. The van der Waals surface area contributed by atoms with E-state index in [2.05, 4.69) is 11.8 Å². The van der Waals surface area contributed by atoms with Crippen molar-refractivity contribution >= 4 is 5.97 Å². The van der Waals surface area contributed by atoms with Gasteiger partial charge in [-0.15, -0.1) is 0 Å². The SMILES string of the molecule is CCCN1CCC[C@H]2c3cc(OC(=O)c4ccccc4)ccc3OC[C@@H]21. The van der Waals surface area contributed by atoms with Gasteiger partial charge in [0, 0.05) is 11.5 Å². The first-order chi connectivity index (χ1) is 12.8. The fraction of sp³-hybridized carbons (Fsp3) is 0.409. The number of fused-ring (bicyclic) bond motifs is 3. The Morgan fingerprint density at radius 3 is 2.88 bits per heavy atom. The second kappa shape index (κ2) is 7.50. The molecule has 0 bridgehead atoms. The Kier molecular flexibility index (Phi) is 4.93. The van der Waals surface area contributed by atoms with Crippen LogP contribution in [0.4, 0.5) is 0 Å². The highest BCUT2D eigenvalue weighted by molar-refractivity contribution is 5.91. The third kappa shape index (κ3) is 3.34. The minimum absolute atomic E-state index is 0.324. The quantitative estimate of drug-likeness (QED) is 0.609. The Hall–Kier alpha value is -2.33. The van der Waals surface area contributed by atoms with Crippen molar-refractivity contribution in [2.24, 2.45) is 0 Å². The number of carbonyl (C=O) groups excluding carboxylic acids is 1. The van der Waals surface area contributed by atoms with Crippen LogP contribution in [-0.4, -0.2) is 36.6 Å². The van der Waals surface area contributed by atoms with Crippen molar-refractivity contribution in [2.75, 3.05) is 19.7 Å². The van der Waals surface area contributed by atoms with Crippen LogP contribution in [0.2, 0.25) is 0 Å². The molecule has 0 spiro atoms. The minimum atomic E-state index is -0.324. The fourth-order valence-corrected chi connectivity index (χ4v) is 4.20. The number of ether oxygens (including phenoxy) is 2. The number of likely N-dealkylation sites (tertiary alicyclic amines) is 1. The van der Waals surface area contributed by atoms with Gasteiger partial charge in [-0.2, -0.15) is 0 Å². The summed E-state index contributed by atoms with van der Waals surface area (Å²) in [6, 6.07) is 15.3. The van der Waals surface area contributed by atoms with E-state index in [1.54, 1.807) is 12.1 Å². The van der Waals surface area contributed by atoms with Crippen LogP contribution in [-0.2, 0) is 0 Å². The van der Waals surface area contributed by atoms with E-state index in [1.807, 2.05) is 36.4 Å². The van der Waals surface area contributed by atoms with Gasteiger partial charge in [-0.3, -0.25) is 4.90 Å². The number of hydrogen-bond acceptors (Lipinski definition) is 4. The molecule has 2 aliphatic rings. The van der Waals surface area contributed by atoms with Crippen molar-refractivity contribution in [3.63, 3.8) is 0 Å². The van der Waals surface area contributed by atoms with Crippen LogP contribution in [0.15, 0.2) is 48.5 Å². The molecule has 2 aliphatic heterocycles. The molecule has 4 heteroatoms. The lowest BCUT2D eigenvalue weighted by Crippen LogP contribution is -2.49. The highest BCUT2D eigenvalue weighted by Crippen LogP contribution is 2.42. The van der Waals surface area contributed by atoms with Gasteiger partial charge in [0.2, 0.25) is 0 Å². The van der Waals surface area contributed by atoms with Crippen molar-refractivity contribution in [1.29, 1.82) is 0 Å². The van der Waals surface area contributed by atoms with Crippen molar-refractivity contribution in [3.05, 3.63) is 59.7 Å². The van der Waals surface area contributed by atoms with E-state index in [4.69, 9.17) is 9.47 Å². The van der Waals surface area contributed by atoms with Gasteiger partial charge in [-0.25, -0.2) is 4.79 Å². The van der Waals surface area contributed by atoms with Crippen LogP contribution in [0.1, 0.15) is 48.0 Å². The van der Waals surface area contributed by atoms with E-state index in [0.717, 1.165) is 38.3 Å². The number of rotatable bonds is 4. The molecule has 0 radical (unpaired) electrons. The Morgan fingerprint density at radius 1 is 1.23 bits per heavy atom. The highest BCUT2D eigenvalue weighted by Gasteiger charge is 2.37. The van der Waals surface area contributed by atoms with Crippen LogP contribution < -0.4 is 9.47 Å². The topological polar surface area (TPSA) is 38.8 Å². The molecule has 0 amide bonds. The van der Waals surface area contributed by atoms with Gasteiger partial charge < -0.3 is 9.47 Å². The molecule has 0 aromatic heterocycles. The molecule has 0 aliphatic carbocycles. The summed E-state index contributed by atoms with van der Waals surface area (Å²) in [7, 11) is 0. The van der Waals surface area contributed by atoms with E-state index in [0.29, 0.717) is 23.3 Å². The van der Waals surface area contributed by atoms with Gasteiger partial charge >= 0.3 is 5.97 Å². The van der Waals surface area contributed by atoms with Gasteiger partial charge in [0.15, 0.2) is 0 Å². The lowest BCUT2D eigenvalue weighted by molar-refractivity contribution is 0.0651. The summed E-state index contributed by atoms with van der Waals surface area (Å²) in [5, 5.41) is 0. The van der Waals surface area contributed by atoms with Crippen LogP contribution in [0.5, 0.6) is 11.5 Å². The van der Waals surface area contributed by atoms with Crippen LogP contribution in [0.25, 0.3) is 0 Å². The van der Waals surface area contributed by atoms with Crippen molar-refractivity contribution in [1.82, 2.24) is 4.90 Å². The summed E-state index contributed by atoms with van der Waals surface area (Å²) in [5.74, 6) is 1.66. The third-order valence-corrected chi connectivity index (χ3v) is 5.42. The summed E-state index contributed by atoms with van der Waals surface area (Å²) < 4.78 is 11.6. The Bertz CT molecular complexity index is 772. The maximum absolute atomic E-state index is 12.3. The number of esters is 1. The Morgan fingerprint density at radius 2 is 2.08 bits per heavy atom. The van der Waals surface area contributed by atoms with Crippen LogP contribution in [0, 0.1) is 0 Å². The molecule has 0 N–H and O–H groups in total. The van der Waals surface area contributed by atoms with Gasteiger partial charge in [0.1, 0.15) is 18.1 Å². The molecule has 2 aromatic rings. The van der Waals surface area contributed by atoms with Gasteiger partial charge in [-0.05, 0) is 62.7 Å². The number of benzene rings is 2. The molecule has 0 saturated carbocycles. The summed E-state index contributed by atoms with van der Waals surface area (Å²) >= 11 is 0. The van der Waals surface area contributed by atoms with E-state index in [1.165, 1.54) is 12.0 Å². The highest BCUT2D eigenvalue weighted by atomic mass is 16.5. The molecule has 2 aromatic carbocycles. The summed E-state index contributed by atoms with van der Waals surface area (Å²) in [6.07, 6.45) is 3.52. The Labute approximate surface area is 154 Å². The first-order valence-corrected chi connectivity index (χ1v) is 9.54. The van der Waals surface area contributed by atoms with Gasteiger partial charge in [-0.1, -0.05) is 25.1 Å². The summed E-state index contributed by atoms with van der Waals surface area (Å²) in [5.41, 5.74) is 1.74. The minimum Gasteiger partial charge on any atom is -0.492 e.